The first-order valence-corrected chi connectivity index (χ1v) is 6.82. The SMILES string of the molecule is CC(Cn1c(CCl)nc2c(Cl)cccc21)N(C)C. The molecule has 0 aliphatic rings. The van der Waals surface area contributed by atoms with Crippen molar-refractivity contribution in [2.24, 2.45) is 0 Å². The standard InChI is InChI=1S/C13H17Cl2N3/c1-9(17(2)3)8-18-11-6-4-5-10(15)13(11)16-12(18)7-14/h4-6,9H,7-8H2,1-3H3. The maximum atomic E-state index is 6.17. The normalized spacial score (nSPS) is 13.4. The molecule has 0 spiro atoms. The molecule has 1 aromatic carbocycles. The molecule has 0 aliphatic heterocycles. The molecule has 0 fully saturated rings. The Hall–Kier alpha value is -0.770. The molecule has 0 saturated carbocycles. The molecule has 2 aromatic rings. The smallest absolute Gasteiger partial charge is 0.124 e. The van der Waals surface area contributed by atoms with Crippen LogP contribution in [-0.4, -0.2) is 34.6 Å². The van der Waals surface area contributed by atoms with Gasteiger partial charge in [-0.1, -0.05) is 17.7 Å². The largest absolute Gasteiger partial charge is 0.325 e. The molecule has 0 N–H and O–H groups in total. The highest BCUT2D eigenvalue weighted by Crippen LogP contribution is 2.25. The lowest BCUT2D eigenvalue weighted by Crippen LogP contribution is -2.29. The minimum absolute atomic E-state index is 0.394. The molecule has 1 unspecified atom stereocenters. The maximum absolute atomic E-state index is 6.17. The van der Waals surface area contributed by atoms with Crippen LogP contribution in [0.15, 0.2) is 18.2 Å². The highest BCUT2D eigenvalue weighted by Gasteiger charge is 2.15. The van der Waals surface area contributed by atoms with Gasteiger partial charge in [0, 0.05) is 12.6 Å². The van der Waals surface area contributed by atoms with Crippen LogP contribution in [0.5, 0.6) is 0 Å². The van der Waals surface area contributed by atoms with Gasteiger partial charge >= 0.3 is 0 Å². The van der Waals surface area contributed by atoms with E-state index in [0.29, 0.717) is 16.9 Å². The summed E-state index contributed by atoms with van der Waals surface area (Å²) in [5.41, 5.74) is 1.88. The van der Waals surface area contributed by atoms with Crippen molar-refractivity contribution >= 4 is 34.2 Å². The zero-order valence-electron chi connectivity index (χ0n) is 10.8. The maximum Gasteiger partial charge on any atom is 0.124 e. The summed E-state index contributed by atoms with van der Waals surface area (Å²) in [6.45, 7) is 3.03. The van der Waals surface area contributed by atoms with Gasteiger partial charge in [-0.05, 0) is 33.2 Å². The predicted octanol–water partition coefficient (Wildman–Crippen LogP) is 3.38. The molecule has 0 aliphatic carbocycles. The zero-order valence-corrected chi connectivity index (χ0v) is 12.3. The molecule has 0 radical (unpaired) electrons. The number of aromatic nitrogens is 2. The monoisotopic (exact) mass is 285 g/mol. The van der Waals surface area contributed by atoms with Gasteiger partial charge in [-0.2, -0.15) is 0 Å². The van der Waals surface area contributed by atoms with Crippen LogP contribution in [0.2, 0.25) is 5.02 Å². The minimum Gasteiger partial charge on any atom is -0.325 e. The first-order valence-electron chi connectivity index (χ1n) is 5.90. The average molecular weight is 286 g/mol. The second kappa shape index (κ2) is 5.47. The second-order valence-electron chi connectivity index (χ2n) is 4.69. The summed E-state index contributed by atoms with van der Waals surface area (Å²) >= 11 is 12.1. The van der Waals surface area contributed by atoms with Crippen molar-refractivity contribution in [1.82, 2.24) is 14.5 Å². The number of para-hydroxylation sites is 1. The lowest BCUT2D eigenvalue weighted by atomic mass is 10.2. The van der Waals surface area contributed by atoms with Crippen molar-refractivity contribution in [2.75, 3.05) is 14.1 Å². The van der Waals surface area contributed by atoms with Crippen LogP contribution in [0.25, 0.3) is 11.0 Å². The first kappa shape index (κ1) is 13.7. The fourth-order valence-corrected chi connectivity index (χ4v) is 2.31. The number of likely N-dealkylation sites (N-methyl/N-ethyl adjacent to an activating group) is 1. The fraction of sp³-hybridized carbons (Fsp3) is 0.462. The van der Waals surface area contributed by atoms with Gasteiger partial charge in [0.25, 0.3) is 0 Å². The topological polar surface area (TPSA) is 21.1 Å². The summed E-state index contributed by atoms with van der Waals surface area (Å²) in [4.78, 5) is 6.70. The van der Waals surface area contributed by atoms with Crippen molar-refractivity contribution in [2.45, 2.75) is 25.4 Å². The number of hydrogen-bond acceptors (Lipinski definition) is 2. The number of fused-ring (bicyclic) bond motifs is 1. The van der Waals surface area contributed by atoms with E-state index in [0.717, 1.165) is 23.4 Å². The van der Waals surface area contributed by atoms with Gasteiger partial charge in [-0.3, -0.25) is 0 Å². The molecule has 5 heteroatoms. The van der Waals surface area contributed by atoms with E-state index in [4.69, 9.17) is 23.2 Å². The minimum atomic E-state index is 0.394. The Kier molecular flexibility index (Phi) is 4.15. The molecule has 1 aromatic heterocycles. The fourth-order valence-electron chi connectivity index (χ4n) is 1.89. The van der Waals surface area contributed by atoms with Crippen molar-refractivity contribution in [3.63, 3.8) is 0 Å². The Labute approximate surface area is 117 Å². The van der Waals surface area contributed by atoms with E-state index in [-0.39, 0.29) is 0 Å². The summed E-state index contributed by atoms with van der Waals surface area (Å²) in [6.07, 6.45) is 0. The molecule has 2 rings (SSSR count). The van der Waals surface area contributed by atoms with Crippen LogP contribution in [0.3, 0.4) is 0 Å². The summed E-state index contributed by atoms with van der Waals surface area (Å²) in [5.74, 6) is 1.26. The lowest BCUT2D eigenvalue weighted by molar-refractivity contribution is 0.284. The number of rotatable bonds is 4. The Morgan fingerprint density at radius 1 is 1.39 bits per heavy atom. The van der Waals surface area contributed by atoms with Gasteiger partial charge in [-0.15, -0.1) is 11.6 Å². The number of benzene rings is 1. The molecule has 3 nitrogen and oxygen atoms in total. The van der Waals surface area contributed by atoms with Crippen molar-refractivity contribution < 1.29 is 0 Å². The van der Waals surface area contributed by atoms with E-state index in [1.807, 2.05) is 18.2 Å². The number of imidazole rings is 1. The van der Waals surface area contributed by atoms with Gasteiger partial charge in [0.05, 0.1) is 16.4 Å². The molecule has 18 heavy (non-hydrogen) atoms. The predicted molar refractivity (Wildman–Crippen MR) is 77.4 cm³/mol. The van der Waals surface area contributed by atoms with Crippen LogP contribution >= 0.6 is 23.2 Å². The van der Waals surface area contributed by atoms with Crippen LogP contribution in [-0.2, 0) is 12.4 Å². The molecule has 1 atom stereocenters. The van der Waals surface area contributed by atoms with Gasteiger partial charge in [0.1, 0.15) is 11.3 Å². The number of alkyl halides is 1. The van der Waals surface area contributed by atoms with Gasteiger partial charge < -0.3 is 9.47 Å². The number of halogens is 2. The summed E-state index contributed by atoms with van der Waals surface area (Å²) in [7, 11) is 4.13. The Balaban J connectivity index is 2.50. The average Bonchev–Trinajstić information content (AvgIpc) is 2.69. The Bertz CT molecular complexity index is 548. The third kappa shape index (κ3) is 2.48. The second-order valence-corrected chi connectivity index (χ2v) is 5.37. The van der Waals surface area contributed by atoms with E-state index >= 15 is 0 Å². The third-order valence-electron chi connectivity index (χ3n) is 3.26. The third-order valence-corrected chi connectivity index (χ3v) is 3.80. The van der Waals surface area contributed by atoms with E-state index in [2.05, 4.69) is 35.5 Å². The van der Waals surface area contributed by atoms with E-state index in [1.54, 1.807) is 0 Å². The van der Waals surface area contributed by atoms with Gasteiger partial charge in [-0.25, -0.2) is 4.98 Å². The van der Waals surface area contributed by atoms with E-state index in [1.165, 1.54) is 0 Å². The van der Waals surface area contributed by atoms with Gasteiger partial charge in [0.15, 0.2) is 0 Å². The van der Waals surface area contributed by atoms with Crippen LogP contribution in [0.4, 0.5) is 0 Å². The molecule has 0 saturated heterocycles. The van der Waals surface area contributed by atoms with Crippen molar-refractivity contribution in [3.05, 3.63) is 29.0 Å². The van der Waals surface area contributed by atoms with E-state index in [9.17, 15) is 0 Å². The van der Waals surface area contributed by atoms with Crippen LogP contribution in [0, 0.1) is 0 Å². The van der Waals surface area contributed by atoms with Crippen molar-refractivity contribution in [3.8, 4) is 0 Å². The Morgan fingerprint density at radius 3 is 2.72 bits per heavy atom. The highest BCUT2D eigenvalue weighted by molar-refractivity contribution is 6.35. The van der Waals surface area contributed by atoms with E-state index < -0.39 is 0 Å². The molecular formula is C13H17Cl2N3. The Morgan fingerprint density at radius 2 is 2.11 bits per heavy atom. The van der Waals surface area contributed by atoms with Gasteiger partial charge in [0.2, 0.25) is 0 Å². The summed E-state index contributed by atoms with van der Waals surface area (Å²) in [6, 6.07) is 6.24. The first-order chi connectivity index (χ1) is 8.54. The molecule has 1 heterocycles. The van der Waals surface area contributed by atoms with Crippen molar-refractivity contribution in [1.29, 1.82) is 0 Å². The zero-order chi connectivity index (χ0) is 13.3. The summed E-state index contributed by atoms with van der Waals surface area (Å²) in [5, 5.41) is 0.676. The number of hydrogen-bond donors (Lipinski definition) is 0. The lowest BCUT2D eigenvalue weighted by Gasteiger charge is -2.21. The number of nitrogens with zero attached hydrogens (tertiary/aromatic N) is 3. The molecule has 98 valence electrons. The highest BCUT2D eigenvalue weighted by atomic mass is 35.5. The molecule has 0 bridgehead atoms. The quantitative estimate of drug-likeness (QED) is 0.803. The summed E-state index contributed by atoms with van der Waals surface area (Å²) < 4.78 is 2.15. The van der Waals surface area contributed by atoms with Crippen LogP contribution < -0.4 is 0 Å². The van der Waals surface area contributed by atoms with Crippen LogP contribution in [0.1, 0.15) is 12.7 Å². The molecule has 0 amide bonds. The molecular weight excluding hydrogens is 269 g/mol.